The van der Waals surface area contributed by atoms with E-state index in [1.54, 1.807) is 0 Å². The van der Waals surface area contributed by atoms with Crippen LogP contribution in [-0.2, 0) is 0 Å². The Morgan fingerprint density at radius 1 is 0.812 bits per heavy atom. The van der Waals surface area contributed by atoms with Crippen LogP contribution in [-0.4, -0.2) is 22.4 Å². The molecule has 0 aromatic carbocycles. The lowest BCUT2D eigenvalue weighted by Gasteiger charge is -2.73. The number of fused-ring (bicyclic) bond motifs is 7. The number of aliphatic hydroxyl groups excluding tert-OH is 2. The Hall–Kier alpha value is -0.340. The van der Waals surface area contributed by atoms with Gasteiger partial charge in [0.15, 0.2) is 0 Å². The number of hydrogen-bond acceptors (Lipinski definition) is 2. The van der Waals surface area contributed by atoms with E-state index in [9.17, 15) is 10.2 Å². The van der Waals surface area contributed by atoms with Crippen molar-refractivity contribution >= 4 is 0 Å². The minimum absolute atomic E-state index is 0.0621. The van der Waals surface area contributed by atoms with Gasteiger partial charge in [-0.3, -0.25) is 0 Å². The summed E-state index contributed by atoms with van der Waals surface area (Å²) in [6, 6.07) is 0. The second kappa shape index (κ2) is 6.87. The first-order chi connectivity index (χ1) is 14.7. The van der Waals surface area contributed by atoms with E-state index >= 15 is 0 Å². The molecule has 2 nitrogen and oxygen atoms in total. The number of rotatable bonds is 1. The molecule has 5 rings (SSSR count). The van der Waals surface area contributed by atoms with E-state index < -0.39 is 0 Å². The molecular weight excluding hydrogens is 392 g/mol. The predicted octanol–water partition coefficient (Wildman–Crippen LogP) is 7.00. The molecule has 0 aliphatic heterocycles. The van der Waals surface area contributed by atoms with Crippen molar-refractivity contribution in [1.82, 2.24) is 0 Å². The molecule has 32 heavy (non-hydrogen) atoms. The van der Waals surface area contributed by atoms with Crippen LogP contribution in [0.25, 0.3) is 0 Å². The lowest BCUT2D eigenvalue weighted by atomic mass is 9.32. The van der Waals surface area contributed by atoms with Gasteiger partial charge in [-0.1, -0.05) is 53.7 Å². The monoisotopic (exact) mass is 442 g/mol. The maximum atomic E-state index is 12.0. The fraction of sp³-hybridized carbons (Fsp3) is 0.933. The highest BCUT2D eigenvalue weighted by molar-refractivity contribution is 5.22. The molecule has 0 radical (unpaired) electrons. The van der Waals surface area contributed by atoms with Crippen molar-refractivity contribution in [3.8, 4) is 0 Å². The Bertz CT molecular complexity index is 801. The molecule has 182 valence electrons. The van der Waals surface area contributed by atoms with Crippen LogP contribution < -0.4 is 0 Å². The molecule has 5 aliphatic rings. The van der Waals surface area contributed by atoms with Gasteiger partial charge in [0.05, 0.1) is 12.2 Å². The van der Waals surface area contributed by atoms with E-state index in [0.717, 1.165) is 19.3 Å². The Labute approximate surface area is 197 Å². The highest BCUT2D eigenvalue weighted by Gasteiger charge is 2.72. The summed E-state index contributed by atoms with van der Waals surface area (Å²) in [4.78, 5) is 0. The summed E-state index contributed by atoms with van der Waals surface area (Å²) in [6.45, 7) is 21.6. The van der Waals surface area contributed by atoms with Gasteiger partial charge in [0, 0.05) is 0 Å². The van der Waals surface area contributed by atoms with E-state index in [1.165, 1.54) is 44.1 Å². The van der Waals surface area contributed by atoms with Gasteiger partial charge in [-0.25, -0.2) is 0 Å². The second-order valence-electron chi connectivity index (χ2n) is 14.9. The van der Waals surface area contributed by atoms with Gasteiger partial charge in [0.1, 0.15) is 0 Å². The summed E-state index contributed by atoms with van der Waals surface area (Å²) in [5, 5.41) is 22.9. The smallest absolute Gasteiger partial charge is 0.0594 e. The van der Waals surface area contributed by atoms with Crippen LogP contribution >= 0.6 is 0 Å². The molecule has 0 saturated heterocycles. The summed E-state index contributed by atoms with van der Waals surface area (Å²) < 4.78 is 0. The average Bonchev–Trinajstić information content (AvgIpc) is 3.05. The summed E-state index contributed by atoms with van der Waals surface area (Å²) in [5.41, 5.74) is 2.31. The van der Waals surface area contributed by atoms with Gasteiger partial charge in [0.25, 0.3) is 0 Å². The number of aliphatic hydroxyl groups is 2. The van der Waals surface area contributed by atoms with E-state index in [2.05, 4.69) is 55.0 Å². The summed E-state index contributed by atoms with van der Waals surface area (Å²) in [5.74, 6) is 2.75. The van der Waals surface area contributed by atoms with Gasteiger partial charge < -0.3 is 10.2 Å². The molecule has 5 aliphatic carbocycles. The predicted molar refractivity (Wildman–Crippen MR) is 132 cm³/mol. The first-order valence-electron chi connectivity index (χ1n) is 13.7. The van der Waals surface area contributed by atoms with E-state index in [0.29, 0.717) is 35.0 Å². The first-order valence-corrected chi connectivity index (χ1v) is 13.7. The average molecular weight is 443 g/mol. The third kappa shape index (κ3) is 2.66. The highest BCUT2D eigenvalue weighted by atomic mass is 16.3. The van der Waals surface area contributed by atoms with Crippen LogP contribution in [0.15, 0.2) is 12.2 Å². The molecular formula is C30H50O2. The SMILES string of the molecule is C=C(C)[C@@H]1CC[C@]2(C)CC[C@]3(C)[C@H](C[C@H](O)[C@@H]4[C@@]5(C)CC[C@H](O)C(C)(C)[C@@H]5CC[C@]43C)[C@@H]12. The molecule has 5 saturated carbocycles. The largest absolute Gasteiger partial charge is 0.393 e. The van der Waals surface area contributed by atoms with Crippen molar-refractivity contribution in [2.24, 2.45) is 56.7 Å². The molecule has 0 heterocycles. The summed E-state index contributed by atoms with van der Waals surface area (Å²) in [6.07, 6.45) is 10.2. The third-order valence-corrected chi connectivity index (χ3v) is 13.4. The van der Waals surface area contributed by atoms with Crippen molar-refractivity contribution in [3.63, 3.8) is 0 Å². The van der Waals surface area contributed by atoms with Gasteiger partial charge in [-0.2, -0.15) is 0 Å². The van der Waals surface area contributed by atoms with Crippen LogP contribution in [0.1, 0.15) is 106 Å². The molecule has 0 aromatic rings. The van der Waals surface area contributed by atoms with Crippen molar-refractivity contribution in [2.45, 2.75) is 118 Å². The first kappa shape index (κ1) is 23.4. The van der Waals surface area contributed by atoms with E-state index in [-0.39, 0.29) is 33.9 Å². The van der Waals surface area contributed by atoms with Crippen LogP contribution in [0.4, 0.5) is 0 Å². The summed E-state index contributed by atoms with van der Waals surface area (Å²) in [7, 11) is 0. The Kier molecular flexibility index (Phi) is 5.02. The van der Waals surface area contributed by atoms with Crippen LogP contribution in [0.2, 0.25) is 0 Å². The normalized spacial score (nSPS) is 58.8. The molecule has 0 aromatic heterocycles. The van der Waals surface area contributed by atoms with Crippen LogP contribution in [0.3, 0.4) is 0 Å². The van der Waals surface area contributed by atoms with Crippen molar-refractivity contribution in [3.05, 3.63) is 12.2 Å². The van der Waals surface area contributed by atoms with E-state index in [1.807, 2.05) is 0 Å². The third-order valence-electron chi connectivity index (χ3n) is 13.4. The Morgan fingerprint density at radius 3 is 2.16 bits per heavy atom. The maximum Gasteiger partial charge on any atom is 0.0594 e. The number of allylic oxidation sites excluding steroid dienone is 1. The van der Waals surface area contributed by atoms with Gasteiger partial charge in [-0.05, 0) is 121 Å². The second-order valence-corrected chi connectivity index (χ2v) is 14.9. The van der Waals surface area contributed by atoms with Crippen molar-refractivity contribution in [1.29, 1.82) is 0 Å². The molecule has 0 unspecified atom stereocenters. The summed E-state index contributed by atoms with van der Waals surface area (Å²) >= 11 is 0. The lowest BCUT2D eigenvalue weighted by Crippen LogP contribution is -2.69. The topological polar surface area (TPSA) is 40.5 Å². The van der Waals surface area contributed by atoms with Gasteiger partial charge in [-0.15, -0.1) is 0 Å². The zero-order chi connectivity index (χ0) is 23.5. The minimum Gasteiger partial charge on any atom is -0.393 e. The molecule has 0 bridgehead atoms. The van der Waals surface area contributed by atoms with Crippen molar-refractivity contribution < 1.29 is 10.2 Å². The number of hydrogen-bond donors (Lipinski definition) is 2. The molecule has 11 atom stereocenters. The molecule has 2 N–H and O–H groups in total. The zero-order valence-electron chi connectivity index (χ0n) is 22.0. The molecule has 0 spiro atoms. The van der Waals surface area contributed by atoms with Crippen LogP contribution in [0, 0.1) is 56.7 Å². The molecule has 0 amide bonds. The molecule has 2 heteroatoms. The van der Waals surface area contributed by atoms with Crippen LogP contribution in [0.5, 0.6) is 0 Å². The Morgan fingerprint density at radius 2 is 1.50 bits per heavy atom. The fourth-order valence-corrected chi connectivity index (χ4v) is 11.5. The van der Waals surface area contributed by atoms with E-state index in [4.69, 9.17) is 0 Å². The zero-order valence-corrected chi connectivity index (χ0v) is 22.0. The minimum atomic E-state index is -0.217. The van der Waals surface area contributed by atoms with Gasteiger partial charge in [0.2, 0.25) is 0 Å². The van der Waals surface area contributed by atoms with Gasteiger partial charge >= 0.3 is 0 Å². The standard InChI is InChI=1S/C30H50O2/c1-18(2)19-9-12-27(5)15-16-29(7)20(24(19)27)17-21(31)25-28(6)13-11-23(32)26(3,4)22(28)10-14-30(25,29)8/h19-25,31-32H,1,9-17H2,2-8H3/t19-,20+,21-,22-,23-,24+,25+,27+,28-,29+,30+/m0/s1. The quantitative estimate of drug-likeness (QED) is 0.429. The van der Waals surface area contributed by atoms with Crippen molar-refractivity contribution in [2.75, 3.05) is 0 Å². The maximum absolute atomic E-state index is 12.0. The highest BCUT2D eigenvalue weighted by Crippen LogP contribution is 2.77. The lowest BCUT2D eigenvalue weighted by molar-refractivity contribution is -0.275. The fourth-order valence-electron chi connectivity index (χ4n) is 11.5. The Balaban J connectivity index is 1.59. The molecule has 5 fully saturated rings.